The number of rotatable bonds is 10. The summed E-state index contributed by atoms with van der Waals surface area (Å²) in [5, 5.41) is 13.0. The number of phenolic OH excluding ortho intramolecular Hbond substituents is 1. The highest BCUT2D eigenvalue weighted by atomic mass is 16.5. The minimum Gasteiger partial charge on any atom is -0.508 e. The number of hydrogen-bond acceptors (Lipinski definition) is 5. The molecule has 6 heteroatoms. The molecule has 3 aromatic rings. The number of carbonyl (C=O) groups excluding carboxylic acids is 2. The standard InChI is InChI=1S/C32H38N2O4/c1-24-22-34(19-17-32(24,2)27-14-9-15-28(35)21-27)29(20-25-10-5-3-6-11-25)31(37)33-18-16-30(36)38-23-26-12-7-4-8-13-26/h3-15,21,24,29,35H,16-20,22-23H2,1-2H3,(H,33,37). The van der Waals surface area contributed by atoms with Crippen molar-refractivity contribution in [2.24, 2.45) is 5.92 Å². The highest BCUT2D eigenvalue weighted by Crippen LogP contribution is 2.41. The second-order valence-corrected chi connectivity index (χ2v) is 10.5. The summed E-state index contributed by atoms with van der Waals surface area (Å²) >= 11 is 0. The van der Waals surface area contributed by atoms with E-state index in [-0.39, 0.29) is 54.6 Å². The number of nitrogens with one attached hydrogen (secondary N) is 1. The van der Waals surface area contributed by atoms with E-state index >= 15 is 0 Å². The molecule has 38 heavy (non-hydrogen) atoms. The zero-order valence-corrected chi connectivity index (χ0v) is 22.3. The van der Waals surface area contributed by atoms with Gasteiger partial charge in [-0.15, -0.1) is 0 Å². The van der Waals surface area contributed by atoms with Gasteiger partial charge in [0, 0.05) is 13.1 Å². The summed E-state index contributed by atoms with van der Waals surface area (Å²) < 4.78 is 5.35. The van der Waals surface area contributed by atoms with Crippen LogP contribution in [0.3, 0.4) is 0 Å². The van der Waals surface area contributed by atoms with Crippen LogP contribution in [0.1, 0.15) is 43.4 Å². The monoisotopic (exact) mass is 514 g/mol. The smallest absolute Gasteiger partial charge is 0.307 e. The fourth-order valence-corrected chi connectivity index (χ4v) is 5.28. The lowest BCUT2D eigenvalue weighted by Gasteiger charge is -2.47. The first kappa shape index (κ1) is 27.4. The lowest BCUT2D eigenvalue weighted by Crippen LogP contribution is -2.56. The van der Waals surface area contributed by atoms with Crippen molar-refractivity contribution in [3.63, 3.8) is 0 Å². The Labute approximate surface area is 225 Å². The van der Waals surface area contributed by atoms with Gasteiger partial charge in [0.05, 0.1) is 12.5 Å². The number of ether oxygens (including phenoxy) is 1. The van der Waals surface area contributed by atoms with Crippen LogP contribution in [0.4, 0.5) is 0 Å². The number of benzene rings is 3. The molecular formula is C32H38N2O4. The molecule has 1 aliphatic heterocycles. The highest BCUT2D eigenvalue weighted by molar-refractivity contribution is 5.82. The van der Waals surface area contributed by atoms with Crippen LogP contribution in [0, 0.1) is 5.92 Å². The van der Waals surface area contributed by atoms with E-state index in [0.29, 0.717) is 6.42 Å². The SMILES string of the molecule is CC1CN(C(Cc2ccccc2)C(=O)NCCC(=O)OCc2ccccc2)CCC1(C)c1cccc(O)c1. The number of likely N-dealkylation sites (tertiary alicyclic amines) is 1. The molecule has 6 nitrogen and oxygen atoms in total. The molecule has 3 unspecified atom stereocenters. The van der Waals surface area contributed by atoms with Crippen LogP contribution in [0.2, 0.25) is 0 Å². The van der Waals surface area contributed by atoms with E-state index in [9.17, 15) is 14.7 Å². The molecule has 1 saturated heterocycles. The van der Waals surface area contributed by atoms with Crippen LogP contribution >= 0.6 is 0 Å². The Bertz CT molecular complexity index is 1200. The summed E-state index contributed by atoms with van der Waals surface area (Å²) in [5.41, 5.74) is 3.07. The van der Waals surface area contributed by atoms with Crippen molar-refractivity contribution >= 4 is 11.9 Å². The maximum atomic E-state index is 13.5. The number of esters is 1. The number of amides is 1. The topological polar surface area (TPSA) is 78.9 Å². The maximum Gasteiger partial charge on any atom is 0.307 e. The Balaban J connectivity index is 1.38. The highest BCUT2D eigenvalue weighted by Gasteiger charge is 2.41. The first-order valence-electron chi connectivity index (χ1n) is 13.4. The van der Waals surface area contributed by atoms with Gasteiger partial charge < -0.3 is 15.2 Å². The molecule has 0 aliphatic carbocycles. The van der Waals surface area contributed by atoms with Crippen LogP contribution in [0.15, 0.2) is 84.9 Å². The summed E-state index contributed by atoms with van der Waals surface area (Å²) in [6, 6.07) is 26.8. The van der Waals surface area contributed by atoms with Gasteiger partial charge in [-0.1, -0.05) is 86.6 Å². The Hall–Kier alpha value is -3.64. The molecule has 1 heterocycles. The van der Waals surface area contributed by atoms with Crippen molar-refractivity contribution in [1.82, 2.24) is 10.2 Å². The van der Waals surface area contributed by atoms with Crippen molar-refractivity contribution in [2.75, 3.05) is 19.6 Å². The number of nitrogens with zero attached hydrogens (tertiary/aromatic N) is 1. The van der Waals surface area contributed by atoms with Crippen molar-refractivity contribution < 1.29 is 19.4 Å². The molecule has 0 spiro atoms. The Morgan fingerprint density at radius 3 is 2.37 bits per heavy atom. The van der Waals surface area contributed by atoms with Gasteiger partial charge in [0.1, 0.15) is 12.4 Å². The average molecular weight is 515 g/mol. The summed E-state index contributed by atoms with van der Waals surface area (Å²) in [6.07, 6.45) is 1.60. The summed E-state index contributed by atoms with van der Waals surface area (Å²) in [6.45, 7) is 6.46. The van der Waals surface area contributed by atoms with Crippen LogP contribution in [0.5, 0.6) is 5.75 Å². The van der Waals surface area contributed by atoms with E-state index in [0.717, 1.165) is 36.2 Å². The third-order valence-corrected chi connectivity index (χ3v) is 7.91. The van der Waals surface area contributed by atoms with Gasteiger partial charge >= 0.3 is 5.97 Å². The zero-order valence-electron chi connectivity index (χ0n) is 22.3. The van der Waals surface area contributed by atoms with Crippen LogP contribution in [-0.4, -0.2) is 47.6 Å². The molecule has 1 aliphatic rings. The molecule has 3 aromatic carbocycles. The Morgan fingerprint density at radius 1 is 1.03 bits per heavy atom. The first-order chi connectivity index (χ1) is 18.3. The summed E-state index contributed by atoms with van der Waals surface area (Å²) in [7, 11) is 0. The molecule has 2 N–H and O–H groups in total. The molecule has 1 fully saturated rings. The van der Waals surface area contributed by atoms with Gasteiger partial charge in [-0.25, -0.2) is 0 Å². The number of hydrogen-bond donors (Lipinski definition) is 2. The van der Waals surface area contributed by atoms with Crippen molar-refractivity contribution in [3.05, 3.63) is 102 Å². The Morgan fingerprint density at radius 2 is 1.71 bits per heavy atom. The van der Waals surface area contributed by atoms with E-state index in [4.69, 9.17) is 4.74 Å². The van der Waals surface area contributed by atoms with Crippen LogP contribution in [-0.2, 0) is 32.8 Å². The average Bonchev–Trinajstić information content (AvgIpc) is 2.93. The van der Waals surface area contributed by atoms with Crippen LogP contribution in [0.25, 0.3) is 0 Å². The lowest BCUT2D eigenvalue weighted by atomic mass is 9.67. The summed E-state index contributed by atoms with van der Waals surface area (Å²) in [5.74, 6) is 0.152. The predicted octanol–water partition coefficient (Wildman–Crippen LogP) is 4.85. The largest absolute Gasteiger partial charge is 0.508 e. The fraction of sp³-hybridized carbons (Fsp3) is 0.375. The van der Waals surface area contributed by atoms with E-state index in [1.807, 2.05) is 72.8 Å². The third kappa shape index (κ3) is 7.01. The second-order valence-electron chi connectivity index (χ2n) is 10.5. The molecular weight excluding hydrogens is 476 g/mol. The first-order valence-corrected chi connectivity index (χ1v) is 13.4. The fourth-order valence-electron chi connectivity index (χ4n) is 5.28. The zero-order chi connectivity index (χ0) is 27.0. The number of piperidine rings is 1. The molecule has 0 aromatic heterocycles. The van der Waals surface area contributed by atoms with Gasteiger partial charge in [0.25, 0.3) is 0 Å². The van der Waals surface area contributed by atoms with Crippen molar-refractivity contribution in [2.45, 2.75) is 51.2 Å². The normalized spacial score (nSPS) is 20.4. The molecule has 0 bridgehead atoms. The van der Waals surface area contributed by atoms with E-state index < -0.39 is 0 Å². The van der Waals surface area contributed by atoms with Gasteiger partial charge in [-0.3, -0.25) is 14.5 Å². The lowest BCUT2D eigenvalue weighted by molar-refractivity contribution is -0.144. The molecule has 4 rings (SSSR count). The second kappa shape index (κ2) is 12.7. The van der Waals surface area contributed by atoms with Crippen molar-refractivity contribution in [1.29, 1.82) is 0 Å². The van der Waals surface area contributed by atoms with E-state index in [1.54, 1.807) is 6.07 Å². The van der Waals surface area contributed by atoms with Crippen LogP contribution < -0.4 is 5.32 Å². The third-order valence-electron chi connectivity index (χ3n) is 7.91. The van der Waals surface area contributed by atoms with Gasteiger partial charge in [0.2, 0.25) is 5.91 Å². The number of phenols is 1. The minimum absolute atomic E-state index is 0.0714. The number of aromatic hydroxyl groups is 1. The molecule has 0 radical (unpaired) electrons. The van der Waals surface area contributed by atoms with Crippen molar-refractivity contribution in [3.8, 4) is 5.75 Å². The molecule has 200 valence electrons. The van der Waals surface area contributed by atoms with E-state index in [1.165, 1.54) is 0 Å². The molecule has 0 saturated carbocycles. The molecule has 3 atom stereocenters. The van der Waals surface area contributed by atoms with E-state index in [2.05, 4.69) is 30.1 Å². The molecule has 1 amide bonds. The summed E-state index contributed by atoms with van der Waals surface area (Å²) in [4.78, 5) is 28.0. The van der Waals surface area contributed by atoms with Gasteiger partial charge in [-0.2, -0.15) is 0 Å². The minimum atomic E-state index is -0.339. The quantitative estimate of drug-likeness (QED) is 0.378. The van der Waals surface area contributed by atoms with Gasteiger partial charge in [-0.05, 0) is 59.5 Å². The van der Waals surface area contributed by atoms with Gasteiger partial charge in [0.15, 0.2) is 0 Å². The maximum absolute atomic E-state index is 13.5. The number of carbonyl (C=O) groups is 2. The Kier molecular flexibility index (Phi) is 9.19. The predicted molar refractivity (Wildman–Crippen MR) is 149 cm³/mol.